The van der Waals surface area contributed by atoms with Gasteiger partial charge in [0.15, 0.2) is 0 Å². The second-order valence-electron chi connectivity index (χ2n) is 3.89. The zero-order valence-electron chi connectivity index (χ0n) is 7.46. The van der Waals surface area contributed by atoms with E-state index in [4.69, 9.17) is 4.74 Å². The van der Waals surface area contributed by atoms with Crippen LogP contribution in [0.5, 0.6) is 0 Å². The Kier molecular flexibility index (Phi) is 3.08. The second-order valence-corrected chi connectivity index (χ2v) is 5.39. The Labute approximate surface area is 91.7 Å². The molecule has 1 heterocycles. The summed E-state index contributed by atoms with van der Waals surface area (Å²) in [4.78, 5) is 11.4. The fraction of sp³-hybridized carbons (Fsp3) is 0.889. The molecule has 1 amide bonds. The van der Waals surface area contributed by atoms with Crippen molar-refractivity contribution in [1.82, 2.24) is 5.32 Å². The summed E-state index contributed by atoms with van der Waals surface area (Å²) >= 11 is 2.31. The van der Waals surface area contributed by atoms with Crippen LogP contribution in [0, 0.1) is 11.8 Å². The predicted octanol–water partition coefficient (Wildman–Crippen LogP) is 1.31. The summed E-state index contributed by atoms with van der Waals surface area (Å²) in [6, 6.07) is 0. The third-order valence-corrected chi connectivity index (χ3v) is 3.36. The molecule has 13 heavy (non-hydrogen) atoms. The summed E-state index contributed by atoms with van der Waals surface area (Å²) in [6.07, 6.45) is 3.84. The molecule has 0 aromatic carbocycles. The molecule has 1 aliphatic carbocycles. The zero-order valence-corrected chi connectivity index (χ0v) is 9.62. The number of halogens is 1. The van der Waals surface area contributed by atoms with Gasteiger partial charge in [-0.05, 0) is 12.3 Å². The Morgan fingerprint density at radius 3 is 2.69 bits per heavy atom. The third kappa shape index (κ3) is 2.80. The van der Waals surface area contributed by atoms with E-state index in [1.807, 2.05) is 0 Å². The van der Waals surface area contributed by atoms with Crippen molar-refractivity contribution in [2.45, 2.75) is 23.3 Å². The molecule has 1 unspecified atom stereocenters. The molecule has 2 aliphatic rings. The number of carbonyl (C=O) groups excluding carboxylic acids is 1. The maximum absolute atomic E-state index is 11.4. The van der Waals surface area contributed by atoms with Crippen molar-refractivity contribution in [3.05, 3.63) is 0 Å². The van der Waals surface area contributed by atoms with Gasteiger partial charge in [-0.25, -0.2) is 0 Å². The van der Waals surface area contributed by atoms with Crippen LogP contribution < -0.4 is 5.32 Å². The van der Waals surface area contributed by atoms with Crippen LogP contribution in [0.3, 0.4) is 0 Å². The van der Waals surface area contributed by atoms with Crippen molar-refractivity contribution in [1.29, 1.82) is 0 Å². The van der Waals surface area contributed by atoms with Crippen molar-refractivity contribution < 1.29 is 9.53 Å². The molecule has 0 bridgehead atoms. The summed E-state index contributed by atoms with van der Waals surface area (Å²) in [5.41, 5.74) is 0. The van der Waals surface area contributed by atoms with Crippen LogP contribution >= 0.6 is 22.6 Å². The summed E-state index contributed by atoms with van der Waals surface area (Å²) in [5, 5.41) is 3.02. The largest absolute Gasteiger partial charge is 0.380 e. The number of carbonyl (C=O) groups is 1. The minimum atomic E-state index is 0.122. The van der Waals surface area contributed by atoms with Crippen molar-refractivity contribution in [2.24, 2.45) is 11.8 Å². The Morgan fingerprint density at radius 1 is 1.54 bits per heavy atom. The maximum atomic E-state index is 11.4. The Balaban J connectivity index is 1.65. The number of nitrogens with one attached hydrogen (secondary N) is 1. The number of alkyl halides is 1. The molecule has 2 rings (SSSR count). The summed E-state index contributed by atoms with van der Waals surface area (Å²) in [5.74, 6) is 1.17. The van der Waals surface area contributed by atoms with Crippen molar-refractivity contribution >= 4 is 28.5 Å². The van der Waals surface area contributed by atoms with Gasteiger partial charge in [0, 0.05) is 0 Å². The number of hydrogen-bond acceptors (Lipinski definition) is 2. The quantitative estimate of drug-likeness (QED) is 0.482. The Bertz CT molecular complexity index is 202. The lowest BCUT2D eigenvalue weighted by molar-refractivity contribution is -0.138. The molecule has 1 N–H and O–H groups in total. The van der Waals surface area contributed by atoms with Crippen LogP contribution in [0.25, 0.3) is 0 Å². The lowest BCUT2D eigenvalue weighted by atomic mass is 10.1. The van der Waals surface area contributed by atoms with Gasteiger partial charge in [-0.2, -0.15) is 0 Å². The van der Waals surface area contributed by atoms with E-state index in [-0.39, 0.29) is 11.8 Å². The Morgan fingerprint density at radius 2 is 2.23 bits per heavy atom. The van der Waals surface area contributed by atoms with Crippen molar-refractivity contribution in [3.8, 4) is 0 Å². The van der Waals surface area contributed by atoms with E-state index in [9.17, 15) is 4.79 Å². The topological polar surface area (TPSA) is 38.3 Å². The van der Waals surface area contributed by atoms with Gasteiger partial charge in [0.05, 0.1) is 23.2 Å². The highest BCUT2D eigenvalue weighted by Crippen LogP contribution is 2.34. The molecule has 0 spiro atoms. The molecule has 0 radical (unpaired) electrons. The SMILES string of the molecule is O=C(NC(I)CC1CC1)C1COC1. The predicted molar refractivity (Wildman–Crippen MR) is 57.6 cm³/mol. The van der Waals surface area contributed by atoms with Gasteiger partial charge in [0.2, 0.25) is 5.91 Å². The normalized spacial score (nSPS) is 25.0. The van der Waals surface area contributed by atoms with E-state index in [1.165, 1.54) is 12.8 Å². The summed E-state index contributed by atoms with van der Waals surface area (Å²) in [6.45, 7) is 1.22. The van der Waals surface area contributed by atoms with Crippen LogP contribution in [0.1, 0.15) is 19.3 Å². The number of rotatable bonds is 4. The van der Waals surface area contributed by atoms with Gasteiger partial charge in [0.1, 0.15) is 0 Å². The molecule has 0 aromatic rings. The fourth-order valence-electron chi connectivity index (χ4n) is 1.36. The first-order valence-electron chi connectivity index (χ1n) is 4.78. The van der Waals surface area contributed by atoms with Crippen molar-refractivity contribution in [2.75, 3.05) is 13.2 Å². The molecule has 4 heteroatoms. The number of amides is 1. The van der Waals surface area contributed by atoms with E-state index in [0.29, 0.717) is 17.3 Å². The molecule has 0 aromatic heterocycles. The van der Waals surface area contributed by atoms with Crippen LogP contribution in [0.4, 0.5) is 0 Å². The number of hydrogen-bond donors (Lipinski definition) is 1. The van der Waals surface area contributed by atoms with Gasteiger partial charge < -0.3 is 10.1 Å². The van der Waals surface area contributed by atoms with E-state index in [1.54, 1.807) is 0 Å². The highest BCUT2D eigenvalue weighted by Gasteiger charge is 2.29. The highest BCUT2D eigenvalue weighted by molar-refractivity contribution is 14.1. The smallest absolute Gasteiger partial charge is 0.228 e. The van der Waals surface area contributed by atoms with Gasteiger partial charge in [-0.3, -0.25) is 4.79 Å². The average Bonchev–Trinajstić information content (AvgIpc) is 2.65. The molecule has 1 saturated carbocycles. The van der Waals surface area contributed by atoms with E-state index in [0.717, 1.165) is 12.3 Å². The minimum absolute atomic E-state index is 0.122. The molecule has 1 aliphatic heterocycles. The van der Waals surface area contributed by atoms with E-state index >= 15 is 0 Å². The third-order valence-electron chi connectivity index (χ3n) is 2.54. The van der Waals surface area contributed by atoms with E-state index < -0.39 is 0 Å². The maximum Gasteiger partial charge on any atom is 0.228 e. The average molecular weight is 295 g/mol. The van der Waals surface area contributed by atoms with Gasteiger partial charge in [-0.1, -0.05) is 35.4 Å². The lowest BCUT2D eigenvalue weighted by Crippen LogP contribution is -2.44. The monoisotopic (exact) mass is 295 g/mol. The first-order chi connectivity index (χ1) is 6.25. The molecule has 2 fully saturated rings. The van der Waals surface area contributed by atoms with Gasteiger partial charge >= 0.3 is 0 Å². The van der Waals surface area contributed by atoms with Gasteiger partial charge in [0.25, 0.3) is 0 Å². The van der Waals surface area contributed by atoms with Gasteiger partial charge in [-0.15, -0.1) is 0 Å². The molecule has 1 saturated heterocycles. The first-order valence-corrected chi connectivity index (χ1v) is 6.02. The first kappa shape index (κ1) is 9.71. The molecule has 1 atom stereocenters. The summed E-state index contributed by atoms with van der Waals surface area (Å²) in [7, 11) is 0. The Hall–Kier alpha value is 0.160. The lowest BCUT2D eigenvalue weighted by Gasteiger charge is -2.26. The second kappa shape index (κ2) is 4.13. The molecule has 74 valence electrons. The molecular formula is C9H14INO2. The highest BCUT2D eigenvalue weighted by atomic mass is 127. The molecule has 3 nitrogen and oxygen atoms in total. The van der Waals surface area contributed by atoms with Crippen LogP contribution in [-0.4, -0.2) is 23.2 Å². The molecular weight excluding hydrogens is 281 g/mol. The summed E-state index contributed by atoms with van der Waals surface area (Å²) < 4.78 is 5.29. The van der Waals surface area contributed by atoms with Crippen LogP contribution in [0.2, 0.25) is 0 Å². The van der Waals surface area contributed by atoms with Crippen molar-refractivity contribution in [3.63, 3.8) is 0 Å². The minimum Gasteiger partial charge on any atom is -0.380 e. The fourth-order valence-corrected chi connectivity index (χ4v) is 2.39. The van der Waals surface area contributed by atoms with Crippen LogP contribution in [-0.2, 0) is 9.53 Å². The zero-order chi connectivity index (χ0) is 9.26. The van der Waals surface area contributed by atoms with E-state index in [2.05, 4.69) is 27.9 Å². The van der Waals surface area contributed by atoms with Crippen LogP contribution in [0.15, 0.2) is 0 Å². The standard InChI is InChI=1S/C9H14INO2/c10-8(3-6-1-2-6)11-9(12)7-4-13-5-7/h6-8H,1-5H2,(H,11,12). The number of ether oxygens (including phenoxy) is 1.